The number of nitrogens with one attached hydrogen (secondary N) is 1. The van der Waals surface area contributed by atoms with Gasteiger partial charge in [-0.25, -0.2) is 4.98 Å². The monoisotopic (exact) mass is 402 g/mol. The molecule has 1 amide bonds. The van der Waals surface area contributed by atoms with Crippen LogP contribution in [-0.4, -0.2) is 26.1 Å². The Hall–Kier alpha value is -2.35. The standard InChI is InChI=1S/C20H26N4O3S/c1-12-9-10-17(24(26)27)19(13(12)2)22-18(25)11-28-20-21-14(3)15(4)23(20)16-7-5-6-8-16/h9-10,16H,5-8,11H2,1-4H3,(H,22,25). The van der Waals surface area contributed by atoms with Crippen LogP contribution in [0.4, 0.5) is 11.4 Å². The first-order chi connectivity index (χ1) is 13.3. The molecule has 8 heteroatoms. The van der Waals surface area contributed by atoms with Gasteiger partial charge in [0, 0.05) is 17.8 Å². The number of hydrogen-bond donors (Lipinski definition) is 1. The van der Waals surface area contributed by atoms with Gasteiger partial charge in [-0.15, -0.1) is 0 Å². The highest BCUT2D eigenvalue weighted by atomic mass is 32.2. The highest BCUT2D eigenvalue weighted by Gasteiger charge is 2.24. The van der Waals surface area contributed by atoms with Gasteiger partial charge in [0.2, 0.25) is 5.91 Å². The fourth-order valence-corrected chi connectivity index (χ4v) is 4.67. The number of imidazole rings is 1. The van der Waals surface area contributed by atoms with E-state index >= 15 is 0 Å². The number of thioether (sulfide) groups is 1. The number of aryl methyl sites for hydroxylation is 2. The average Bonchev–Trinajstić information content (AvgIpc) is 3.25. The molecule has 2 aromatic rings. The molecule has 150 valence electrons. The molecule has 28 heavy (non-hydrogen) atoms. The second-order valence-electron chi connectivity index (χ2n) is 7.37. The quantitative estimate of drug-likeness (QED) is 0.423. The molecule has 0 saturated heterocycles. The summed E-state index contributed by atoms with van der Waals surface area (Å²) in [5.41, 5.74) is 3.95. The van der Waals surface area contributed by atoms with Crippen molar-refractivity contribution >= 4 is 29.0 Å². The van der Waals surface area contributed by atoms with Crippen molar-refractivity contribution in [1.29, 1.82) is 0 Å². The number of rotatable bonds is 6. The van der Waals surface area contributed by atoms with E-state index < -0.39 is 4.92 Å². The average molecular weight is 403 g/mol. The molecule has 0 aliphatic heterocycles. The molecule has 1 heterocycles. The summed E-state index contributed by atoms with van der Waals surface area (Å²) in [6.45, 7) is 7.71. The van der Waals surface area contributed by atoms with Gasteiger partial charge < -0.3 is 9.88 Å². The number of aromatic nitrogens is 2. The zero-order valence-electron chi connectivity index (χ0n) is 16.7. The SMILES string of the molecule is Cc1ccc([N+](=O)[O-])c(NC(=O)CSc2nc(C)c(C)n2C2CCCC2)c1C. The molecule has 1 fully saturated rings. The predicted octanol–water partition coefficient (Wildman–Crippen LogP) is 4.87. The van der Waals surface area contributed by atoms with Gasteiger partial charge in [0.05, 0.1) is 16.4 Å². The molecular weight excluding hydrogens is 376 g/mol. The van der Waals surface area contributed by atoms with Crippen molar-refractivity contribution in [1.82, 2.24) is 9.55 Å². The summed E-state index contributed by atoms with van der Waals surface area (Å²) in [5.74, 6) is -0.106. The molecular formula is C20H26N4O3S. The Bertz CT molecular complexity index is 917. The number of benzene rings is 1. The minimum Gasteiger partial charge on any atom is -0.320 e. The fourth-order valence-electron chi connectivity index (χ4n) is 3.71. The van der Waals surface area contributed by atoms with Crippen molar-refractivity contribution in [3.8, 4) is 0 Å². The Morgan fingerprint density at radius 2 is 1.96 bits per heavy atom. The topological polar surface area (TPSA) is 90.1 Å². The first-order valence-corrected chi connectivity index (χ1v) is 10.5. The molecule has 0 atom stereocenters. The molecule has 7 nitrogen and oxygen atoms in total. The third-order valence-corrected chi connectivity index (χ3v) is 6.50. The zero-order valence-corrected chi connectivity index (χ0v) is 17.6. The van der Waals surface area contributed by atoms with Crippen LogP contribution in [0.15, 0.2) is 17.3 Å². The van der Waals surface area contributed by atoms with Crippen LogP contribution in [-0.2, 0) is 4.79 Å². The van der Waals surface area contributed by atoms with Crippen LogP contribution in [0, 0.1) is 37.8 Å². The van der Waals surface area contributed by atoms with Crippen LogP contribution < -0.4 is 5.32 Å². The molecule has 1 saturated carbocycles. The second kappa shape index (κ2) is 8.34. The summed E-state index contributed by atoms with van der Waals surface area (Å²) >= 11 is 1.39. The number of anilines is 1. The maximum atomic E-state index is 12.6. The molecule has 0 unspecified atom stereocenters. The maximum Gasteiger partial charge on any atom is 0.293 e. The number of amides is 1. The Balaban J connectivity index is 1.75. The number of nitrogens with zero attached hydrogens (tertiary/aromatic N) is 3. The molecule has 3 rings (SSSR count). The third kappa shape index (κ3) is 4.06. The lowest BCUT2D eigenvalue weighted by atomic mass is 10.1. The van der Waals surface area contributed by atoms with Gasteiger partial charge in [0.15, 0.2) is 5.16 Å². The molecule has 1 aromatic heterocycles. The van der Waals surface area contributed by atoms with Crippen molar-refractivity contribution in [3.63, 3.8) is 0 Å². The van der Waals surface area contributed by atoms with E-state index in [1.54, 1.807) is 13.0 Å². The largest absolute Gasteiger partial charge is 0.320 e. The summed E-state index contributed by atoms with van der Waals surface area (Å²) in [4.78, 5) is 28.1. The van der Waals surface area contributed by atoms with E-state index in [1.807, 2.05) is 13.8 Å². The van der Waals surface area contributed by atoms with Crippen LogP contribution >= 0.6 is 11.8 Å². The van der Waals surface area contributed by atoms with Gasteiger partial charge in [0.25, 0.3) is 5.69 Å². The van der Waals surface area contributed by atoms with Crippen molar-refractivity contribution < 1.29 is 9.72 Å². The number of hydrogen-bond acceptors (Lipinski definition) is 5. The van der Waals surface area contributed by atoms with Crippen LogP contribution in [0.3, 0.4) is 0 Å². The third-order valence-electron chi connectivity index (χ3n) is 5.55. The Morgan fingerprint density at radius 3 is 2.61 bits per heavy atom. The van der Waals surface area contributed by atoms with Gasteiger partial charge in [0.1, 0.15) is 5.69 Å². The van der Waals surface area contributed by atoms with Crippen LogP contribution in [0.1, 0.15) is 54.2 Å². The number of nitro benzene ring substituents is 1. The molecule has 1 aromatic carbocycles. The van der Waals surface area contributed by atoms with E-state index in [0.717, 1.165) is 34.9 Å². The summed E-state index contributed by atoms with van der Waals surface area (Å²) in [5, 5.41) is 14.9. The van der Waals surface area contributed by atoms with Gasteiger partial charge in [-0.1, -0.05) is 30.7 Å². The van der Waals surface area contributed by atoms with E-state index in [4.69, 9.17) is 0 Å². The highest BCUT2D eigenvalue weighted by molar-refractivity contribution is 7.99. The van der Waals surface area contributed by atoms with E-state index in [9.17, 15) is 14.9 Å². The van der Waals surface area contributed by atoms with Gasteiger partial charge >= 0.3 is 0 Å². The van der Waals surface area contributed by atoms with E-state index in [2.05, 4.69) is 21.8 Å². The first kappa shape index (κ1) is 20.4. The smallest absolute Gasteiger partial charge is 0.293 e. The lowest BCUT2D eigenvalue weighted by molar-refractivity contribution is -0.384. The van der Waals surface area contributed by atoms with Gasteiger partial charge in [-0.05, 0) is 51.7 Å². The van der Waals surface area contributed by atoms with Gasteiger partial charge in [-0.3, -0.25) is 14.9 Å². The lowest BCUT2D eigenvalue weighted by Gasteiger charge is -2.17. The normalized spacial score (nSPS) is 14.4. The van der Waals surface area contributed by atoms with Crippen molar-refractivity contribution in [2.24, 2.45) is 0 Å². The molecule has 0 radical (unpaired) electrons. The molecule has 1 N–H and O–H groups in total. The van der Waals surface area contributed by atoms with Crippen LogP contribution in [0.25, 0.3) is 0 Å². The highest BCUT2D eigenvalue weighted by Crippen LogP contribution is 2.35. The number of carbonyl (C=O) groups excluding carboxylic acids is 1. The van der Waals surface area contributed by atoms with Crippen LogP contribution in [0.2, 0.25) is 0 Å². The fraction of sp³-hybridized carbons (Fsp3) is 0.500. The number of carbonyl (C=O) groups is 1. The minimum absolute atomic E-state index is 0.0828. The lowest BCUT2D eigenvalue weighted by Crippen LogP contribution is -2.17. The van der Waals surface area contributed by atoms with E-state index in [0.29, 0.717) is 11.6 Å². The second-order valence-corrected chi connectivity index (χ2v) is 8.31. The molecule has 0 spiro atoms. The summed E-state index contributed by atoms with van der Waals surface area (Å²) < 4.78 is 2.26. The zero-order chi connectivity index (χ0) is 20.4. The number of nitro groups is 1. The molecule has 0 bridgehead atoms. The Labute approximate surface area is 169 Å². The Morgan fingerprint density at radius 1 is 1.29 bits per heavy atom. The molecule has 1 aliphatic carbocycles. The summed E-state index contributed by atoms with van der Waals surface area (Å²) in [6, 6.07) is 3.58. The van der Waals surface area contributed by atoms with E-state index in [1.165, 1.54) is 30.7 Å². The Kier molecular flexibility index (Phi) is 6.07. The first-order valence-electron chi connectivity index (χ1n) is 9.52. The van der Waals surface area contributed by atoms with E-state index in [-0.39, 0.29) is 23.0 Å². The minimum atomic E-state index is -0.464. The summed E-state index contributed by atoms with van der Waals surface area (Å²) in [6.07, 6.45) is 4.74. The maximum absolute atomic E-state index is 12.6. The molecule has 1 aliphatic rings. The van der Waals surface area contributed by atoms with Crippen molar-refractivity contribution in [2.45, 2.75) is 64.6 Å². The van der Waals surface area contributed by atoms with Crippen molar-refractivity contribution in [3.05, 3.63) is 44.8 Å². The van der Waals surface area contributed by atoms with Crippen LogP contribution in [0.5, 0.6) is 0 Å². The van der Waals surface area contributed by atoms with Gasteiger partial charge in [-0.2, -0.15) is 0 Å². The predicted molar refractivity (Wildman–Crippen MR) is 111 cm³/mol. The van der Waals surface area contributed by atoms with Crippen molar-refractivity contribution in [2.75, 3.05) is 11.1 Å². The summed E-state index contributed by atoms with van der Waals surface area (Å²) in [7, 11) is 0.